The van der Waals surface area contributed by atoms with Gasteiger partial charge in [-0.1, -0.05) is 12.1 Å². The van der Waals surface area contributed by atoms with Gasteiger partial charge in [0.25, 0.3) is 0 Å². The fraction of sp³-hybridized carbons (Fsp3) is 0.429. The van der Waals surface area contributed by atoms with Crippen LogP contribution < -0.4 is 5.32 Å². The summed E-state index contributed by atoms with van der Waals surface area (Å²) in [6.45, 7) is 3.75. The molecule has 1 N–H and O–H groups in total. The molecule has 0 bridgehead atoms. The summed E-state index contributed by atoms with van der Waals surface area (Å²) in [6.07, 6.45) is 2.23. The lowest BCUT2D eigenvalue weighted by atomic mass is 10.2. The minimum absolute atomic E-state index is 0.0777. The summed E-state index contributed by atoms with van der Waals surface area (Å²) in [7, 11) is 0. The maximum absolute atomic E-state index is 11.5. The molecule has 0 aliphatic heterocycles. The quantitative estimate of drug-likeness (QED) is 0.885. The van der Waals surface area contributed by atoms with Crippen molar-refractivity contribution in [3.8, 4) is 0 Å². The van der Waals surface area contributed by atoms with Gasteiger partial charge in [0.2, 0.25) is 11.8 Å². The van der Waals surface area contributed by atoms with Crippen LogP contribution in [-0.2, 0) is 16.1 Å². The van der Waals surface area contributed by atoms with E-state index in [9.17, 15) is 9.59 Å². The van der Waals surface area contributed by atoms with E-state index in [4.69, 9.17) is 0 Å². The molecule has 0 heterocycles. The molecule has 0 radical (unpaired) electrons. The van der Waals surface area contributed by atoms with Crippen molar-refractivity contribution in [2.45, 2.75) is 39.3 Å². The van der Waals surface area contributed by atoms with Gasteiger partial charge in [-0.05, 0) is 30.5 Å². The number of nitrogens with one attached hydrogen (secondary N) is 1. The lowest BCUT2D eigenvalue weighted by molar-refractivity contribution is -0.130. The SMILES string of the molecule is CC(=O)Nc1ccc(CN(C(C)=O)C2CC2)cc1. The van der Waals surface area contributed by atoms with Crippen LogP contribution in [0.3, 0.4) is 0 Å². The van der Waals surface area contributed by atoms with Crippen molar-refractivity contribution in [3.63, 3.8) is 0 Å². The van der Waals surface area contributed by atoms with Crippen LogP contribution >= 0.6 is 0 Å². The lowest BCUT2D eigenvalue weighted by Gasteiger charge is -2.20. The van der Waals surface area contributed by atoms with E-state index in [1.54, 1.807) is 6.92 Å². The van der Waals surface area contributed by atoms with Crippen LogP contribution in [0.25, 0.3) is 0 Å². The smallest absolute Gasteiger partial charge is 0.221 e. The van der Waals surface area contributed by atoms with Gasteiger partial charge >= 0.3 is 0 Å². The normalized spacial score (nSPS) is 14.1. The molecule has 1 aromatic rings. The predicted molar refractivity (Wildman–Crippen MR) is 70.0 cm³/mol. The molecule has 0 atom stereocenters. The second-order valence-electron chi connectivity index (χ2n) is 4.76. The molecular formula is C14H18N2O2. The largest absolute Gasteiger partial charge is 0.336 e. The molecule has 0 unspecified atom stereocenters. The van der Waals surface area contributed by atoms with Gasteiger partial charge < -0.3 is 10.2 Å². The van der Waals surface area contributed by atoms with E-state index in [1.807, 2.05) is 29.2 Å². The Bertz CT molecular complexity index is 449. The van der Waals surface area contributed by atoms with Gasteiger partial charge in [-0.15, -0.1) is 0 Å². The van der Waals surface area contributed by atoms with Crippen molar-refractivity contribution in [2.24, 2.45) is 0 Å². The topological polar surface area (TPSA) is 49.4 Å². The van der Waals surface area contributed by atoms with Gasteiger partial charge in [-0.25, -0.2) is 0 Å². The van der Waals surface area contributed by atoms with Gasteiger partial charge in [0, 0.05) is 32.1 Å². The zero-order chi connectivity index (χ0) is 13.1. The van der Waals surface area contributed by atoms with Gasteiger partial charge in [-0.2, -0.15) is 0 Å². The van der Waals surface area contributed by atoms with Crippen LogP contribution in [0.5, 0.6) is 0 Å². The number of rotatable bonds is 4. The Morgan fingerprint density at radius 2 is 1.83 bits per heavy atom. The monoisotopic (exact) mass is 246 g/mol. The molecule has 96 valence electrons. The van der Waals surface area contributed by atoms with E-state index in [0.29, 0.717) is 12.6 Å². The highest BCUT2D eigenvalue weighted by atomic mass is 16.2. The maximum Gasteiger partial charge on any atom is 0.221 e. The molecule has 4 nitrogen and oxygen atoms in total. The average molecular weight is 246 g/mol. The zero-order valence-electron chi connectivity index (χ0n) is 10.8. The highest BCUT2D eigenvalue weighted by Crippen LogP contribution is 2.28. The van der Waals surface area contributed by atoms with Crippen LogP contribution in [0.1, 0.15) is 32.3 Å². The number of carbonyl (C=O) groups excluding carboxylic acids is 2. The van der Waals surface area contributed by atoms with Crippen molar-refractivity contribution in [1.29, 1.82) is 0 Å². The Labute approximate surface area is 107 Å². The highest BCUT2D eigenvalue weighted by molar-refractivity contribution is 5.88. The average Bonchev–Trinajstić information content (AvgIpc) is 3.10. The van der Waals surface area contributed by atoms with Crippen molar-refractivity contribution in [3.05, 3.63) is 29.8 Å². The number of amides is 2. The molecule has 1 fully saturated rings. The molecule has 1 aliphatic carbocycles. The minimum atomic E-state index is -0.0777. The number of nitrogens with zero attached hydrogens (tertiary/aromatic N) is 1. The number of anilines is 1. The standard InChI is InChI=1S/C14H18N2O2/c1-10(17)15-13-5-3-12(4-6-13)9-16(11(2)18)14-7-8-14/h3-6,14H,7-9H2,1-2H3,(H,15,17). The van der Waals surface area contributed by atoms with Gasteiger partial charge in [0.1, 0.15) is 0 Å². The second kappa shape index (κ2) is 5.21. The molecule has 18 heavy (non-hydrogen) atoms. The summed E-state index contributed by atoms with van der Waals surface area (Å²) < 4.78 is 0. The molecule has 1 aliphatic rings. The molecular weight excluding hydrogens is 228 g/mol. The number of benzene rings is 1. The Morgan fingerprint density at radius 1 is 1.22 bits per heavy atom. The van der Waals surface area contributed by atoms with Crippen LogP contribution in [0.15, 0.2) is 24.3 Å². The summed E-state index contributed by atoms with van der Waals surface area (Å²) in [4.78, 5) is 24.3. The summed E-state index contributed by atoms with van der Waals surface area (Å²) in [5.41, 5.74) is 1.87. The summed E-state index contributed by atoms with van der Waals surface area (Å²) in [5.74, 6) is 0.0505. The first kappa shape index (κ1) is 12.6. The van der Waals surface area contributed by atoms with Crippen LogP contribution in [0.4, 0.5) is 5.69 Å². The van der Waals surface area contributed by atoms with E-state index in [1.165, 1.54) is 6.92 Å². The molecule has 1 saturated carbocycles. The molecule has 0 aromatic heterocycles. The minimum Gasteiger partial charge on any atom is -0.336 e. The first-order chi connectivity index (χ1) is 8.56. The zero-order valence-corrected chi connectivity index (χ0v) is 10.8. The molecule has 0 spiro atoms. The third kappa shape index (κ3) is 3.32. The summed E-state index contributed by atoms with van der Waals surface area (Å²) >= 11 is 0. The van der Waals surface area contributed by atoms with E-state index in [0.717, 1.165) is 24.1 Å². The Kier molecular flexibility index (Phi) is 3.65. The van der Waals surface area contributed by atoms with Crippen molar-refractivity contribution in [2.75, 3.05) is 5.32 Å². The van der Waals surface area contributed by atoms with E-state index in [2.05, 4.69) is 5.32 Å². The first-order valence-electron chi connectivity index (χ1n) is 6.20. The third-order valence-electron chi connectivity index (χ3n) is 3.02. The number of hydrogen-bond donors (Lipinski definition) is 1. The van der Waals surface area contributed by atoms with Gasteiger partial charge in [-0.3, -0.25) is 9.59 Å². The third-order valence-corrected chi connectivity index (χ3v) is 3.02. The van der Waals surface area contributed by atoms with Crippen LogP contribution in [-0.4, -0.2) is 22.8 Å². The Morgan fingerprint density at radius 3 is 2.28 bits per heavy atom. The maximum atomic E-state index is 11.5. The van der Waals surface area contributed by atoms with E-state index >= 15 is 0 Å². The predicted octanol–water partition coefficient (Wildman–Crippen LogP) is 2.16. The van der Waals surface area contributed by atoms with Crippen molar-refractivity contribution >= 4 is 17.5 Å². The molecule has 2 amide bonds. The Balaban J connectivity index is 2.00. The molecule has 4 heteroatoms. The molecule has 1 aromatic carbocycles. The Hall–Kier alpha value is -1.84. The van der Waals surface area contributed by atoms with Crippen LogP contribution in [0, 0.1) is 0 Å². The number of carbonyl (C=O) groups is 2. The van der Waals surface area contributed by atoms with E-state index in [-0.39, 0.29) is 11.8 Å². The first-order valence-corrected chi connectivity index (χ1v) is 6.20. The molecule has 2 rings (SSSR count). The fourth-order valence-corrected chi connectivity index (χ4v) is 1.98. The van der Waals surface area contributed by atoms with Crippen molar-refractivity contribution < 1.29 is 9.59 Å². The molecule has 0 saturated heterocycles. The fourth-order valence-electron chi connectivity index (χ4n) is 1.98. The van der Waals surface area contributed by atoms with Crippen molar-refractivity contribution in [1.82, 2.24) is 4.90 Å². The summed E-state index contributed by atoms with van der Waals surface area (Å²) in [5, 5.41) is 2.72. The highest BCUT2D eigenvalue weighted by Gasteiger charge is 2.30. The second-order valence-corrected chi connectivity index (χ2v) is 4.76. The van der Waals surface area contributed by atoms with Gasteiger partial charge in [0.05, 0.1) is 0 Å². The van der Waals surface area contributed by atoms with E-state index < -0.39 is 0 Å². The van der Waals surface area contributed by atoms with Gasteiger partial charge in [0.15, 0.2) is 0 Å². The summed E-state index contributed by atoms with van der Waals surface area (Å²) in [6, 6.07) is 8.05. The lowest BCUT2D eigenvalue weighted by Crippen LogP contribution is -2.30. The number of hydrogen-bond acceptors (Lipinski definition) is 2. The van der Waals surface area contributed by atoms with Crippen LogP contribution in [0.2, 0.25) is 0 Å².